The first-order valence-electron chi connectivity index (χ1n) is 7.34. The average Bonchev–Trinajstić information content (AvgIpc) is 3.01. The topological polar surface area (TPSA) is 82.2 Å². The van der Waals surface area contributed by atoms with Crippen LogP contribution in [0.1, 0.15) is 28.9 Å². The Morgan fingerprint density at radius 2 is 2.13 bits per heavy atom. The molecule has 3 N–H and O–H groups in total. The summed E-state index contributed by atoms with van der Waals surface area (Å²) in [6.07, 6.45) is 3.52. The predicted molar refractivity (Wildman–Crippen MR) is 92.7 cm³/mol. The van der Waals surface area contributed by atoms with Gasteiger partial charge in [0.25, 0.3) is 5.91 Å². The Bertz CT molecular complexity index is 643. The van der Waals surface area contributed by atoms with Crippen molar-refractivity contribution in [1.82, 2.24) is 15.1 Å². The van der Waals surface area contributed by atoms with Crippen LogP contribution in [-0.2, 0) is 0 Å². The number of methoxy groups -OCH3 is 1. The summed E-state index contributed by atoms with van der Waals surface area (Å²) >= 11 is 0. The number of carbonyl (C=O) groups excluding carboxylic acids is 1. The number of aryl methyl sites for hydroxylation is 1. The molecule has 7 heteroatoms. The summed E-state index contributed by atoms with van der Waals surface area (Å²) in [7, 11) is 1.61. The van der Waals surface area contributed by atoms with Crippen LogP contribution in [0, 0.1) is 6.92 Å². The van der Waals surface area contributed by atoms with Gasteiger partial charge in [0.1, 0.15) is 11.4 Å². The highest BCUT2D eigenvalue weighted by molar-refractivity contribution is 5.92. The molecule has 6 nitrogen and oxygen atoms in total. The summed E-state index contributed by atoms with van der Waals surface area (Å²) in [4.78, 5) is 12.0. The number of nitrogens with one attached hydrogen (secondary N) is 1. The SMILES string of the molecule is COc1ccc(C)cc1-n1ccc(C(=O)NCCCCN)n1.Cl. The fourth-order valence-corrected chi connectivity index (χ4v) is 2.12. The molecule has 23 heavy (non-hydrogen) atoms. The van der Waals surface area contributed by atoms with Crippen molar-refractivity contribution in [3.05, 3.63) is 41.7 Å². The highest BCUT2D eigenvalue weighted by Crippen LogP contribution is 2.23. The molecule has 0 aliphatic heterocycles. The molecule has 0 aliphatic rings. The van der Waals surface area contributed by atoms with Gasteiger partial charge in [-0.1, -0.05) is 6.07 Å². The lowest BCUT2D eigenvalue weighted by molar-refractivity contribution is 0.0947. The van der Waals surface area contributed by atoms with Crippen LogP contribution in [0.3, 0.4) is 0 Å². The second-order valence-corrected chi connectivity index (χ2v) is 5.07. The Morgan fingerprint density at radius 3 is 2.83 bits per heavy atom. The van der Waals surface area contributed by atoms with Gasteiger partial charge in [-0.3, -0.25) is 4.79 Å². The van der Waals surface area contributed by atoms with Gasteiger partial charge in [-0.2, -0.15) is 5.10 Å². The number of amides is 1. The van der Waals surface area contributed by atoms with Crippen LogP contribution >= 0.6 is 12.4 Å². The number of unbranched alkanes of at least 4 members (excludes halogenated alkanes) is 1. The van der Waals surface area contributed by atoms with Gasteiger partial charge in [-0.05, 0) is 50.1 Å². The Kier molecular flexibility index (Phi) is 7.57. The molecule has 2 rings (SSSR count). The van der Waals surface area contributed by atoms with E-state index in [2.05, 4.69) is 10.4 Å². The normalized spacial score (nSPS) is 10.0. The molecular weight excluding hydrogens is 316 g/mol. The number of rotatable bonds is 7. The molecule has 1 heterocycles. The lowest BCUT2D eigenvalue weighted by atomic mass is 10.2. The third kappa shape index (κ3) is 4.97. The largest absolute Gasteiger partial charge is 0.494 e. The van der Waals surface area contributed by atoms with Crippen LogP contribution in [0.4, 0.5) is 0 Å². The molecule has 0 bridgehead atoms. The molecule has 0 saturated heterocycles. The van der Waals surface area contributed by atoms with E-state index < -0.39 is 0 Å². The summed E-state index contributed by atoms with van der Waals surface area (Å²) in [6.45, 7) is 3.24. The lowest BCUT2D eigenvalue weighted by Crippen LogP contribution is -2.25. The van der Waals surface area contributed by atoms with E-state index >= 15 is 0 Å². The van der Waals surface area contributed by atoms with Crippen molar-refractivity contribution in [1.29, 1.82) is 0 Å². The summed E-state index contributed by atoms with van der Waals surface area (Å²) in [6, 6.07) is 7.52. The average molecular weight is 339 g/mol. The van der Waals surface area contributed by atoms with E-state index in [0.29, 0.717) is 24.5 Å². The minimum atomic E-state index is -0.178. The highest BCUT2D eigenvalue weighted by Gasteiger charge is 2.12. The Morgan fingerprint density at radius 1 is 1.35 bits per heavy atom. The third-order valence-corrected chi connectivity index (χ3v) is 3.32. The zero-order valence-electron chi connectivity index (χ0n) is 13.4. The Labute approximate surface area is 142 Å². The van der Waals surface area contributed by atoms with Crippen molar-refractivity contribution in [2.75, 3.05) is 20.2 Å². The molecule has 1 amide bonds. The maximum absolute atomic E-state index is 12.0. The second kappa shape index (κ2) is 9.17. The van der Waals surface area contributed by atoms with Crippen LogP contribution in [0.2, 0.25) is 0 Å². The van der Waals surface area contributed by atoms with Crippen molar-refractivity contribution in [3.63, 3.8) is 0 Å². The smallest absolute Gasteiger partial charge is 0.271 e. The summed E-state index contributed by atoms with van der Waals surface area (Å²) in [5, 5.41) is 7.17. The number of ether oxygens (including phenoxy) is 1. The van der Waals surface area contributed by atoms with E-state index in [4.69, 9.17) is 10.5 Å². The molecule has 0 spiro atoms. The van der Waals surface area contributed by atoms with Crippen LogP contribution in [-0.4, -0.2) is 35.9 Å². The highest BCUT2D eigenvalue weighted by atomic mass is 35.5. The van der Waals surface area contributed by atoms with Gasteiger partial charge in [0, 0.05) is 12.7 Å². The van der Waals surface area contributed by atoms with E-state index in [0.717, 1.165) is 24.1 Å². The fraction of sp³-hybridized carbons (Fsp3) is 0.375. The molecule has 0 aliphatic carbocycles. The third-order valence-electron chi connectivity index (χ3n) is 3.32. The zero-order chi connectivity index (χ0) is 15.9. The molecule has 0 radical (unpaired) electrons. The van der Waals surface area contributed by atoms with E-state index in [9.17, 15) is 4.79 Å². The van der Waals surface area contributed by atoms with Crippen molar-refractivity contribution < 1.29 is 9.53 Å². The van der Waals surface area contributed by atoms with E-state index in [1.165, 1.54) is 0 Å². The molecule has 126 valence electrons. The van der Waals surface area contributed by atoms with Gasteiger partial charge in [0.05, 0.1) is 7.11 Å². The molecule has 1 aromatic heterocycles. The minimum Gasteiger partial charge on any atom is -0.494 e. The zero-order valence-corrected chi connectivity index (χ0v) is 14.2. The van der Waals surface area contributed by atoms with Gasteiger partial charge < -0.3 is 15.8 Å². The van der Waals surface area contributed by atoms with Crippen LogP contribution in [0.25, 0.3) is 5.69 Å². The first-order chi connectivity index (χ1) is 10.7. The van der Waals surface area contributed by atoms with Crippen LogP contribution in [0.5, 0.6) is 5.75 Å². The maximum Gasteiger partial charge on any atom is 0.271 e. The van der Waals surface area contributed by atoms with Crippen molar-refractivity contribution in [2.24, 2.45) is 5.73 Å². The number of halogens is 1. The molecular formula is C16H23ClN4O2. The number of nitrogens with zero attached hydrogens (tertiary/aromatic N) is 2. The maximum atomic E-state index is 12.0. The molecule has 1 aromatic carbocycles. The van der Waals surface area contributed by atoms with Gasteiger partial charge >= 0.3 is 0 Å². The molecule has 0 unspecified atom stereocenters. The number of aromatic nitrogens is 2. The number of hydrogen-bond acceptors (Lipinski definition) is 4. The van der Waals surface area contributed by atoms with Gasteiger partial charge in [-0.15, -0.1) is 12.4 Å². The van der Waals surface area contributed by atoms with Crippen LogP contribution < -0.4 is 15.8 Å². The van der Waals surface area contributed by atoms with E-state index in [1.807, 2.05) is 25.1 Å². The molecule has 0 fully saturated rings. The van der Waals surface area contributed by atoms with Crippen molar-refractivity contribution in [3.8, 4) is 11.4 Å². The Balaban J connectivity index is 0.00000264. The number of hydrogen-bond donors (Lipinski definition) is 2. The summed E-state index contributed by atoms with van der Waals surface area (Å²) in [5.74, 6) is 0.533. The molecule has 0 saturated carbocycles. The standard InChI is InChI=1S/C16H22N4O2.ClH/c1-12-5-6-15(22-2)14(11-12)20-10-7-13(19-20)16(21)18-9-4-3-8-17;/h5-7,10-11H,3-4,8-9,17H2,1-2H3,(H,18,21);1H. The minimum absolute atomic E-state index is 0. The van der Waals surface area contributed by atoms with Crippen molar-refractivity contribution >= 4 is 18.3 Å². The first kappa shape index (κ1) is 19.0. The predicted octanol–water partition coefficient (Wildman–Crippen LogP) is 2.08. The monoisotopic (exact) mass is 338 g/mol. The fourth-order valence-electron chi connectivity index (χ4n) is 2.12. The second-order valence-electron chi connectivity index (χ2n) is 5.07. The Hall–Kier alpha value is -2.05. The first-order valence-corrected chi connectivity index (χ1v) is 7.34. The molecule has 0 atom stereocenters. The number of benzene rings is 1. The van der Waals surface area contributed by atoms with Crippen LogP contribution in [0.15, 0.2) is 30.5 Å². The van der Waals surface area contributed by atoms with Gasteiger partial charge in [0.2, 0.25) is 0 Å². The van der Waals surface area contributed by atoms with E-state index in [-0.39, 0.29) is 18.3 Å². The van der Waals surface area contributed by atoms with Gasteiger partial charge in [-0.25, -0.2) is 4.68 Å². The van der Waals surface area contributed by atoms with Gasteiger partial charge in [0.15, 0.2) is 5.69 Å². The van der Waals surface area contributed by atoms with Crippen molar-refractivity contribution in [2.45, 2.75) is 19.8 Å². The summed E-state index contributed by atoms with van der Waals surface area (Å²) < 4.78 is 7.00. The molecule has 2 aromatic rings. The number of nitrogens with two attached hydrogens (primary N) is 1. The van der Waals surface area contributed by atoms with E-state index in [1.54, 1.807) is 24.1 Å². The number of carbonyl (C=O) groups is 1. The lowest BCUT2D eigenvalue weighted by Gasteiger charge is -2.09. The summed E-state index contributed by atoms with van der Waals surface area (Å²) in [5.41, 5.74) is 7.72. The quantitative estimate of drug-likeness (QED) is 0.757.